The van der Waals surface area contributed by atoms with E-state index in [-0.39, 0.29) is 18.4 Å². The van der Waals surface area contributed by atoms with Gasteiger partial charge in [-0.25, -0.2) is 8.42 Å². The van der Waals surface area contributed by atoms with Crippen LogP contribution in [-0.4, -0.2) is 58.4 Å². The molecule has 6 nitrogen and oxygen atoms in total. The molecule has 1 aliphatic rings. The lowest BCUT2D eigenvalue weighted by atomic mass is 10.0. The summed E-state index contributed by atoms with van der Waals surface area (Å²) >= 11 is 0. The Morgan fingerprint density at radius 3 is 2.69 bits per heavy atom. The first-order valence-electron chi connectivity index (χ1n) is 10.1. The number of piperazine rings is 1. The maximum Gasteiger partial charge on any atom is 0.417 e. The van der Waals surface area contributed by atoms with Crippen molar-refractivity contribution in [2.75, 3.05) is 39.0 Å². The van der Waals surface area contributed by atoms with E-state index in [4.69, 9.17) is 4.74 Å². The molecular formula is C22H24F3N3O3S. The lowest BCUT2D eigenvalue weighted by Crippen LogP contribution is -2.53. The molecule has 1 heterocycles. The number of nitrogens with zero attached hydrogens (tertiary/aromatic N) is 2. The van der Waals surface area contributed by atoms with Crippen molar-refractivity contribution in [3.63, 3.8) is 0 Å². The fourth-order valence-corrected chi connectivity index (χ4v) is 4.56. The Morgan fingerprint density at radius 1 is 1.25 bits per heavy atom. The second-order valence-corrected chi connectivity index (χ2v) is 9.69. The van der Waals surface area contributed by atoms with Crippen LogP contribution in [0.2, 0.25) is 0 Å². The van der Waals surface area contributed by atoms with Gasteiger partial charge in [0.2, 0.25) is 0 Å². The predicted octanol–water partition coefficient (Wildman–Crippen LogP) is 2.88. The predicted molar refractivity (Wildman–Crippen MR) is 113 cm³/mol. The fourth-order valence-electron chi connectivity index (χ4n) is 3.68. The number of halogens is 3. The molecule has 1 fully saturated rings. The van der Waals surface area contributed by atoms with E-state index in [2.05, 4.69) is 16.3 Å². The molecule has 0 aliphatic carbocycles. The van der Waals surface area contributed by atoms with Crippen molar-refractivity contribution < 1.29 is 26.3 Å². The van der Waals surface area contributed by atoms with E-state index >= 15 is 0 Å². The maximum atomic E-state index is 13.3. The molecule has 1 N–H and O–H groups in total. The fraction of sp³-hybridized carbons (Fsp3) is 0.409. The summed E-state index contributed by atoms with van der Waals surface area (Å²) in [6, 6.07) is 12.4. The van der Waals surface area contributed by atoms with Gasteiger partial charge in [-0.3, -0.25) is 0 Å². The van der Waals surface area contributed by atoms with Crippen LogP contribution < -0.4 is 10.1 Å². The topological polar surface area (TPSA) is 82.4 Å². The highest BCUT2D eigenvalue weighted by Gasteiger charge is 2.36. The van der Waals surface area contributed by atoms with Gasteiger partial charge in [0, 0.05) is 32.4 Å². The maximum absolute atomic E-state index is 13.3. The van der Waals surface area contributed by atoms with Crippen LogP contribution in [0, 0.1) is 11.3 Å². The molecule has 0 bridgehead atoms. The lowest BCUT2D eigenvalue weighted by Gasteiger charge is -2.33. The molecule has 10 heteroatoms. The highest BCUT2D eigenvalue weighted by Crippen LogP contribution is 2.36. The van der Waals surface area contributed by atoms with Gasteiger partial charge in [-0.15, -0.1) is 0 Å². The Bertz CT molecular complexity index is 1100. The highest BCUT2D eigenvalue weighted by molar-refractivity contribution is 7.90. The average molecular weight is 468 g/mol. The molecule has 1 aliphatic heterocycles. The summed E-state index contributed by atoms with van der Waals surface area (Å²) in [6.45, 7) is 3.04. The summed E-state index contributed by atoms with van der Waals surface area (Å²) in [5, 5.41) is 12.5. The van der Waals surface area contributed by atoms with E-state index in [1.807, 2.05) is 18.2 Å². The van der Waals surface area contributed by atoms with Crippen LogP contribution in [0.3, 0.4) is 0 Å². The Hall–Kier alpha value is -2.61. The molecule has 32 heavy (non-hydrogen) atoms. The van der Waals surface area contributed by atoms with Crippen LogP contribution >= 0.6 is 0 Å². The van der Waals surface area contributed by atoms with Gasteiger partial charge in [-0.2, -0.15) is 18.4 Å². The quantitative estimate of drug-likeness (QED) is 0.675. The minimum atomic E-state index is -4.81. The molecule has 172 valence electrons. The van der Waals surface area contributed by atoms with Gasteiger partial charge in [-0.05, 0) is 36.2 Å². The van der Waals surface area contributed by atoms with Crippen LogP contribution in [0.5, 0.6) is 5.75 Å². The molecule has 2 aromatic carbocycles. The number of sulfone groups is 1. The number of nitrogens with one attached hydrogen (secondary N) is 1. The Balaban J connectivity index is 1.60. The zero-order valence-corrected chi connectivity index (χ0v) is 18.3. The SMILES string of the molecule is CS(=O)(=O)c1ccc(OC[C@@H]2CN(CCc3ccccc3C#N)CCN2)cc1C(F)(F)F. The first kappa shape index (κ1) is 24.0. The standard InChI is InChI=1S/C22H24F3N3O3S/c1-32(29,30)21-7-6-19(12-20(21)22(23,24)25)31-15-18-14-28(11-9-27-18)10-8-16-4-2-3-5-17(16)13-26/h2-7,12,18,27H,8-11,14-15H2,1H3/t18-/m0/s1. The summed E-state index contributed by atoms with van der Waals surface area (Å²) in [6.07, 6.45) is -3.34. The van der Waals surface area contributed by atoms with Gasteiger partial charge < -0.3 is 15.0 Å². The zero-order chi connectivity index (χ0) is 23.4. The molecule has 3 rings (SSSR count). The van der Waals surface area contributed by atoms with Gasteiger partial charge in [0.25, 0.3) is 0 Å². The molecule has 1 atom stereocenters. The van der Waals surface area contributed by atoms with E-state index < -0.39 is 26.5 Å². The Labute approximate surface area is 185 Å². The summed E-state index contributed by atoms with van der Waals surface area (Å²) in [7, 11) is -4.03. The van der Waals surface area contributed by atoms with Crippen molar-refractivity contribution in [3.05, 3.63) is 59.2 Å². The Morgan fingerprint density at radius 2 is 2.00 bits per heavy atom. The molecule has 0 unspecified atom stereocenters. The number of benzene rings is 2. The molecule has 0 aromatic heterocycles. The third-order valence-electron chi connectivity index (χ3n) is 5.28. The molecule has 2 aromatic rings. The smallest absolute Gasteiger partial charge is 0.417 e. The monoisotopic (exact) mass is 467 g/mol. The number of ether oxygens (including phenoxy) is 1. The molecule has 1 saturated heterocycles. The van der Waals surface area contributed by atoms with Crippen LogP contribution in [0.25, 0.3) is 0 Å². The zero-order valence-electron chi connectivity index (χ0n) is 17.5. The summed E-state index contributed by atoms with van der Waals surface area (Å²) in [4.78, 5) is 1.45. The van der Waals surface area contributed by atoms with Gasteiger partial charge in [0.15, 0.2) is 9.84 Å². The van der Waals surface area contributed by atoms with Gasteiger partial charge in [0.1, 0.15) is 12.4 Å². The van der Waals surface area contributed by atoms with Crippen LogP contribution in [0.4, 0.5) is 13.2 Å². The minimum absolute atomic E-state index is 0.0356. The Kier molecular flexibility index (Phi) is 7.44. The first-order chi connectivity index (χ1) is 15.1. The summed E-state index contributed by atoms with van der Waals surface area (Å²) in [5.41, 5.74) is 0.402. The number of hydrogen-bond acceptors (Lipinski definition) is 6. The average Bonchev–Trinajstić information content (AvgIpc) is 2.75. The van der Waals surface area contributed by atoms with Gasteiger partial charge in [0.05, 0.1) is 28.1 Å². The van der Waals surface area contributed by atoms with E-state index in [9.17, 15) is 26.9 Å². The van der Waals surface area contributed by atoms with E-state index in [1.165, 1.54) is 6.07 Å². The van der Waals surface area contributed by atoms with Crippen molar-refractivity contribution in [1.82, 2.24) is 10.2 Å². The van der Waals surface area contributed by atoms with E-state index in [0.29, 0.717) is 18.7 Å². The van der Waals surface area contributed by atoms with Crippen LogP contribution in [0.15, 0.2) is 47.4 Å². The minimum Gasteiger partial charge on any atom is -0.492 e. The van der Waals surface area contributed by atoms with Crippen molar-refractivity contribution in [2.45, 2.75) is 23.5 Å². The summed E-state index contributed by atoms with van der Waals surface area (Å²) < 4.78 is 68.9. The summed E-state index contributed by atoms with van der Waals surface area (Å²) in [5.74, 6) is -0.0356. The molecule has 0 amide bonds. The molecule has 0 saturated carbocycles. The molecule has 0 radical (unpaired) electrons. The number of alkyl halides is 3. The molecule has 0 spiro atoms. The second-order valence-electron chi connectivity index (χ2n) is 7.71. The van der Waals surface area contributed by atoms with Crippen molar-refractivity contribution in [1.29, 1.82) is 5.26 Å². The van der Waals surface area contributed by atoms with Crippen LogP contribution in [0.1, 0.15) is 16.7 Å². The van der Waals surface area contributed by atoms with Crippen LogP contribution in [-0.2, 0) is 22.4 Å². The van der Waals surface area contributed by atoms with Gasteiger partial charge in [-0.1, -0.05) is 18.2 Å². The van der Waals surface area contributed by atoms with E-state index in [0.717, 1.165) is 43.5 Å². The molecular weight excluding hydrogens is 443 g/mol. The largest absolute Gasteiger partial charge is 0.492 e. The van der Waals surface area contributed by atoms with Gasteiger partial charge >= 0.3 is 6.18 Å². The third-order valence-corrected chi connectivity index (χ3v) is 6.44. The second kappa shape index (κ2) is 9.90. The van der Waals surface area contributed by atoms with E-state index in [1.54, 1.807) is 6.07 Å². The number of rotatable bonds is 7. The number of nitriles is 1. The number of hydrogen-bond donors (Lipinski definition) is 1. The van der Waals surface area contributed by atoms with Crippen molar-refractivity contribution in [2.24, 2.45) is 0 Å². The van der Waals surface area contributed by atoms with Crippen molar-refractivity contribution in [3.8, 4) is 11.8 Å². The first-order valence-corrected chi connectivity index (χ1v) is 11.9. The normalized spacial score (nSPS) is 17.7. The lowest BCUT2D eigenvalue weighted by molar-refractivity contribution is -0.140. The third kappa shape index (κ3) is 6.22. The highest BCUT2D eigenvalue weighted by atomic mass is 32.2. The van der Waals surface area contributed by atoms with Crippen molar-refractivity contribution >= 4 is 9.84 Å².